The molecule has 0 bridgehead atoms. The van der Waals surface area contributed by atoms with Crippen molar-refractivity contribution in [3.05, 3.63) is 28.8 Å². The maximum absolute atomic E-state index is 12.5. The molecule has 0 atom stereocenters. The highest BCUT2D eigenvalue weighted by molar-refractivity contribution is 7.89. The van der Waals surface area contributed by atoms with Gasteiger partial charge in [-0.25, -0.2) is 13.2 Å². The van der Waals surface area contributed by atoms with Crippen molar-refractivity contribution in [1.29, 1.82) is 0 Å². The summed E-state index contributed by atoms with van der Waals surface area (Å²) in [6.07, 6.45) is 1.26. The van der Waals surface area contributed by atoms with Gasteiger partial charge in [-0.2, -0.15) is 4.31 Å². The molecule has 2 rings (SSSR count). The highest BCUT2D eigenvalue weighted by Gasteiger charge is 2.29. The van der Waals surface area contributed by atoms with Gasteiger partial charge in [0.1, 0.15) is 0 Å². The molecule has 1 aromatic rings. The molecule has 6 nitrogen and oxygen atoms in total. The molecule has 124 valence electrons. The zero-order chi connectivity index (χ0) is 15.6. The van der Waals surface area contributed by atoms with Crippen LogP contribution in [0.5, 0.6) is 0 Å². The monoisotopic (exact) mass is 368 g/mol. The Morgan fingerprint density at radius 1 is 1.36 bits per heavy atom. The van der Waals surface area contributed by atoms with Gasteiger partial charge in [0.25, 0.3) is 0 Å². The van der Waals surface area contributed by atoms with E-state index in [2.05, 4.69) is 4.74 Å². The molecule has 1 aromatic carbocycles. The number of carbonyl (C=O) groups excluding carboxylic acids is 1. The van der Waals surface area contributed by atoms with Crippen molar-refractivity contribution < 1.29 is 17.9 Å². The first kappa shape index (κ1) is 19.2. The van der Waals surface area contributed by atoms with Gasteiger partial charge in [0.15, 0.2) is 0 Å². The first-order valence-corrected chi connectivity index (χ1v) is 8.31. The van der Waals surface area contributed by atoms with Crippen LogP contribution in [-0.4, -0.2) is 44.9 Å². The second kappa shape index (κ2) is 7.61. The number of nitrogens with zero attached hydrogens (tertiary/aromatic N) is 1. The van der Waals surface area contributed by atoms with Gasteiger partial charge in [0.05, 0.1) is 22.6 Å². The van der Waals surface area contributed by atoms with Crippen LogP contribution in [0.25, 0.3) is 0 Å². The average molecular weight is 369 g/mol. The third kappa shape index (κ3) is 3.91. The van der Waals surface area contributed by atoms with Crippen molar-refractivity contribution in [2.24, 2.45) is 5.73 Å². The van der Waals surface area contributed by atoms with Crippen LogP contribution in [0.4, 0.5) is 0 Å². The van der Waals surface area contributed by atoms with E-state index >= 15 is 0 Å². The topological polar surface area (TPSA) is 89.7 Å². The molecule has 0 aliphatic carbocycles. The van der Waals surface area contributed by atoms with Crippen LogP contribution >= 0.6 is 24.0 Å². The zero-order valence-electron chi connectivity index (χ0n) is 12.0. The summed E-state index contributed by atoms with van der Waals surface area (Å²) >= 11 is 5.97. The van der Waals surface area contributed by atoms with Crippen LogP contribution in [0.15, 0.2) is 23.1 Å². The van der Waals surface area contributed by atoms with Crippen molar-refractivity contribution in [2.45, 2.75) is 23.8 Å². The molecule has 1 aliphatic rings. The molecular weight excluding hydrogens is 351 g/mol. The van der Waals surface area contributed by atoms with E-state index < -0.39 is 16.0 Å². The quantitative estimate of drug-likeness (QED) is 0.819. The number of hydrogen-bond acceptors (Lipinski definition) is 5. The number of halogens is 2. The van der Waals surface area contributed by atoms with Gasteiger partial charge in [-0.3, -0.25) is 0 Å². The fourth-order valence-electron chi connectivity index (χ4n) is 2.20. The van der Waals surface area contributed by atoms with E-state index in [-0.39, 0.29) is 33.9 Å². The Kier molecular flexibility index (Phi) is 6.64. The van der Waals surface area contributed by atoms with Crippen LogP contribution < -0.4 is 5.73 Å². The molecule has 1 fully saturated rings. The van der Waals surface area contributed by atoms with E-state index in [1.54, 1.807) is 0 Å². The lowest BCUT2D eigenvalue weighted by Crippen LogP contribution is -2.42. The second-order valence-electron chi connectivity index (χ2n) is 4.87. The number of ether oxygens (including phenoxy) is 1. The smallest absolute Gasteiger partial charge is 0.339 e. The summed E-state index contributed by atoms with van der Waals surface area (Å²) in [5.74, 6) is -0.604. The Hall–Kier alpha value is -0.860. The van der Waals surface area contributed by atoms with Crippen LogP contribution in [0.3, 0.4) is 0 Å². The highest BCUT2D eigenvalue weighted by Crippen LogP contribution is 2.25. The molecule has 0 spiro atoms. The molecule has 0 amide bonds. The molecule has 1 aliphatic heterocycles. The molecule has 0 saturated carbocycles. The number of carbonyl (C=O) groups is 1. The summed E-state index contributed by atoms with van der Waals surface area (Å²) in [4.78, 5) is 11.5. The van der Waals surface area contributed by atoms with E-state index in [0.717, 1.165) is 0 Å². The Morgan fingerprint density at radius 3 is 2.45 bits per heavy atom. The Bertz CT molecular complexity index is 643. The second-order valence-corrected chi connectivity index (χ2v) is 7.22. The van der Waals surface area contributed by atoms with Crippen molar-refractivity contribution in [1.82, 2.24) is 4.31 Å². The molecule has 0 aromatic heterocycles. The largest absolute Gasteiger partial charge is 0.465 e. The molecule has 9 heteroatoms. The van der Waals surface area contributed by atoms with E-state index in [4.69, 9.17) is 17.3 Å². The average Bonchev–Trinajstić information content (AvgIpc) is 2.46. The van der Waals surface area contributed by atoms with Crippen molar-refractivity contribution in [3.8, 4) is 0 Å². The molecule has 2 N–H and O–H groups in total. The highest BCUT2D eigenvalue weighted by atomic mass is 35.5. The maximum Gasteiger partial charge on any atom is 0.339 e. The third-order valence-electron chi connectivity index (χ3n) is 3.48. The molecular formula is C13H18Cl2N2O4S. The molecule has 0 unspecified atom stereocenters. The Morgan fingerprint density at radius 2 is 1.95 bits per heavy atom. The van der Waals surface area contributed by atoms with Gasteiger partial charge in [-0.1, -0.05) is 11.6 Å². The summed E-state index contributed by atoms with van der Waals surface area (Å²) in [6, 6.07) is 4.04. The predicted octanol–water partition coefficient (Wildman–Crippen LogP) is 1.66. The van der Waals surface area contributed by atoms with E-state index in [1.165, 1.54) is 29.6 Å². The van der Waals surface area contributed by atoms with E-state index in [9.17, 15) is 13.2 Å². The summed E-state index contributed by atoms with van der Waals surface area (Å²) in [6.45, 7) is 0.778. The van der Waals surface area contributed by atoms with Gasteiger partial charge in [-0.15, -0.1) is 12.4 Å². The molecule has 0 radical (unpaired) electrons. The van der Waals surface area contributed by atoms with Crippen LogP contribution in [-0.2, 0) is 14.8 Å². The van der Waals surface area contributed by atoms with Gasteiger partial charge < -0.3 is 10.5 Å². The van der Waals surface area contributed by atoms with E-state index in [0.29, 0.717) is 25.9 Å². The molecule has 1 saturated heterocycles. The SMILES string of the molecule is COC(=O)c1ccc(S(=O)(=O)N2CCC(N)CC2)cc1Cl.Cl. The van der Waals surface area contributed by atoms with Gasteiger partial charge >= 0.3 is 5.97 Å². The third-order valence-corrected chi connectivity index (χ3v) is 5.69. The van der Waals surface area contributed by atoms with Gasteiger partial charge in [0.2, 0.25) is 10.0 Å². The van der Waals surface area contributed by atoms with E-state index in [1.807, 2.05) is 0 Å². The number of sulfonamides is 1. The number of methoxy groups -OCH3 is 1. The number of esters is 1. The van der Waals surface area contributed by atoms with Crippen LogP contribution in [0, 0.1) is 0 Å². The first-order valence-electron chi connectivity index (χ1n) is 6.50. The number of hydrogen-bond donors (Lipinski definition) is 1. The lowest BCUT2D eigenvalue weighted by molar-refractivity contribution is 0.0601. The number of rotatable bonds is 3. The number of nitrogens with two attached hydrogens (primary N) is 1. The maximum atomic E-state index is 12.5. The van der Waals surface area contributed by atoms with Crippen molar-refractivity contribution >= 4 is 40.0 Å². The minimum Gasteiger partial charge on any atom is -0.465 e. The van der Waals surface area contributed by atoms with Crippen LogP contribution in [0.1, 0.15) is 23.2 Å². The number of piperidine rings is 1. The van der Waals surface area contributed by atoms with Crippen molar-refractivity contribution in [2.75, 3.05) is 20.2 Å². The summed E-state index contributed by atoms with van der Waals surface area (Å²) < 4.78 is 31.0. The lowest BCUT2D eigenvalue weighted by atomic mass is 10.1. The Balaban J connectivity index is 0.00000242. The van der Waals surface area contributed by atoms with Gasteiger partial charge in [0, 0.05) is 19.1 Å². The summed E-state index contributed by atoms with van der Waals surface area (Å²) in [5.41, 5.74) is 5.92. The summed E-state index contributed by atoms with van der Waals surface area (Å²) in [5, 5.41) is 0.0524. The van der Waals surface area contributed by atoms with Gasteiger partial charge in [-0.05, 0) is 31.0 Å². The minimum absolute atomic E-state index is 0. The fraction of sp³-hybridized carbons (Fsp3) is 0.462. The Labute approximate surface area is 141 Å². The molecule has 1 heterocycles. The van der Waals surface area contributed by atoms with Crippen LogP contribution in [0.2, 0.25) is 5.02 Å². The standard InChI is InChI=1S/C13H17ClN2O4S.ClH/c1-20-13(17)11-3-2-10(8-12(11)14)21(18,19)16-6-4-9(15)5-7-16;/h2-3,8-9H,4-7,15H2,1H3;1H. The predicted molar refractivity (Wildman–Crippen MR) is 86.0 cm³/mol. The number of benzene rings is 1. The zero-order valence-corrected chi connectivity index (χ0v) is 14.4. The lowest BCUT2D eigenvalue weighted by Gasteiger charge is -2.29. The minimum atomic E-state index is -3.62. The normalized spacial score (nSPS) is 16.9. The fourth-order valence-corrected chi connectivity index (χ4v) is 4.02. The van der Waals surface area contributed by atoms with Crippen molar-refractivity contribution in [3.63, 3.8) is 0 Å². The molecule has 22 heavy (non-hydrogen) atoms. The summed E-state index contributed by atoms with van der Waals surface area (Å²) in [7, 11) is -2.38. The first-order chi connectivity index (χ1) is 9.86.